The Bertz CT molecular complexity index is 1030. The van der Waals surface area contributed by atoms with Gasteiger partial charge in [-0.3, -0.25) is 9.48 Å². The highest BCUT2D eigenvalue weighted by molar-refractivity contribution is 7.89. The van der Waals surface area contributed by atoms with E-state index in [1.807, 2.05) is 6.07 Å². The van der Waals surface area contributed by atoms with Gasteiger partial charge in [0.2, 0.25) is 15.9 Å². The number of carbonyl (C=O) groups excluding carboxylic acids is 1. The lowest BCUT2D eigenvalue weighted by Gasteiger charge is -2.34. The summed E-state index contributed by atoms with van der Waals surface area (Å²) in [7, 11) is -3.76. The molecule has 1 aromatic carbocycles. The van der Waals surface area contributed by atoms with Crippen molar-refractivity contribution in [1.29, 1.82) is 5.26 Å². The van der Waals surface area contributed by atoms with Gasteiger partial charge in [0.25, 0.3) is 0 Å². The number of amides is 1. The number of piperazine rings is 1. The van der Waals surface area contributed by atoms with Gasteiger partial charge < -0.3 is 4.90 Å². The highest BCUT2D eigenvalue weighted by atomic mass is 32.2. The van der Waals surface area contributed by atoms with Gasteiger partial charge in [0.05, 0.1) is 16.5 Å². The maximum Gasteiger partial charge on any atom is 0.435 e. The van der Waals surface area contributed by atoms with Gasteiger partial charge in [-0.25, -0.2) is 8.42 Å². The fourth-order valence-corrected chi connectivity index (χ4v) is 4.29. The van der Waals surface area contributed by atoms with Gasteiger partial charge in [-0.2, -0.15) is 27.8 Å². The van der Waals surface area contributed by atoms with Crippen molar-refractivity contribution >= 4 is 15.9 Å². The van der Waals surface area contributed by atoms with Crippen LogP contribution in [-0.2, 0) is 27.5 Å². The zero-order chi connectivity index (χ0) is 21.2. The Kier molecular flexibility index (Phi) is 5.63. The second-order valence-electron chi connectivity index (χ2n) is 6.32. The number of aromatic nitrogens is 2. The first-order chi connectivity index (χ1) is 13.6. The third kappa shape index (κ3) is 4.57. The predicted molar refractivity (Wildman–Crippen MR) is 93.7 cm³/mol. The van der Waals surface area contributed by atoms with Crippen molar-refractivity contribution in [2.45, 2.75) is 17.6 Å². The Balaban J connectivity index is 1.60. The second kappa shape index (κ2) is 7.84. The van der Waals surface area contributed by atoms with E-state index in [1.165, 1.54) is 33.5 Å². The topological polar surface area (TPSA) is 99.3 Å². The van der Waals surface area contributed by atoms with E-state index in [9.17, 15) is 26.4 Å². The highest BCUT2D eigenvalue weighted by Gasteiger charge is 2.34. The molecule has 29 heavy (non-hydrogen) atoms. The maximum atomic E-state index is 12.7. The summed E-state index contributed by atoms with van der Waals surface area (Å²) in [6.07, 6.45) is -3.51. The molecule has 0 spiro atoms. The Morgan fingerprint density at radius 2 is 1.72 bits per heavy atom. The maximum absolute atomic E-state index is 12.7. The molecule has 2 aromatic rings. The number of alkyl halides is 3. The molecular weight excluding hydrogens is 411 g/mol. The number of nitriles is 1. The molecule has 0 unspecified atom stereocenters. The fraction of sp³-hybridized carbons (Fsp3) is 0.353. The third-order valence-electron chi connectivity index (χ3n) is 4.44. The van der Waals surface area contributed by atoms with Gasteiger partial charge in [-0.05, 0) is 30.3 Å². The quantitative estimate of drug-likeness (QED) is 0.733. The number of carbonyl (C=O) groups is 1. The minimum absolute atomic E-state index is 0.0486. The lowest BCUT2D eigenvalue weighted by Crippen LogP contribution is -2.51. The number of hydrogen-bond acceptors (Lipinski definition) is 5. The van der Waals surface area contributed by atoms with E-state index < -0.39 is 27.8 Å². The van der Waals surface area contributed by atoms with E-state index in [1.54, 1.807) is 0 Å². The summed E-state index contributed by atoms with van der Waals surface area (Å²) in [5.41, 5.74) is -0.740. The molecule has 0 radical (unpaired) electrons. The van der Waals surface area contributed by atoms with Crippen LogP contribution >= 0.6 is 0 Å². The average molecular weight is 427 g/mol. The normalized spacial score (nSPS) is 15.9. The number of halogens is 3. The summed E-state index contributed by atoms with van der Waals surface area (Å²) < 4.78 is 65.2. The first-order valence-electron chi connectivity index (χ1n) is 8.50. The van der Waals surface area contributed by atoms with Crippen LogP contribution in [-0.4, -0.2) is 59.5 Å². The van der Waals surface area contributed by atoms with Crippen molar-refractivity contribution in [1.82, 2.24) is 19.0 Å². The summed E-state index contributed by atoms with van der Waals surface area (Å²) >= 11 is 0. The lowest BCUT2D eigenvalue weighted by molar-refractivity contribution is -0.142. The van der Waals surface area contributed by atoms with Crippen molar-refractivity contribution in [3.8, 4) is 6.07 Å². The number of sulfonamides is 1. The zero-order valence-electron chi connectivity index (χ0n) is 15.0. The van der Waals surface area contributed by atoms with Crippen LogP contribution in [0, 0.1) is 11.3 Å². The molecule has 154 valence electrons. The van der Waals surface area contributed by atoms with Crippen LogP contribution < -0.4 is 0 Å². The van der Waals surface area contributed by atoms with Gasteiger partial charge in [-0.1, -0.05) is 0 Å². The number of rotatable bonds is 4. The molecule has 1 saturated heterocycles. The largest absolute Gasteiger partial charge is 0.435 e. The van der Waals surface area contributed by atoms with Crippen molar-refractivity contribution in [2.24, 2.45) is 0 Å². The lowest BCUT2D eigenvalue weighted by atomic mass is 10.2. The van der Waals surface area contributed by atoms with E-state index in [2.05, 4.69) is 5.10 Å². The molecule has 2 heterocycles. The van der Waals surface area contributed by atoms with Gasteiger partial charge in [0.15, 0.2) is 5.69 Å². The highest BCUT2D eigenvalue weighted by Crippen LogP contribution is 2.27. The van der Waals surface area contributed by atoms with Gasteiger partial charge >= 0.3 is 6.18 Å². The van der Waals surface area contributed by atoms with Crippen LogP contribution in [0.1, 0.15) is 11.3 Å². The number of benzene rings is 1. The van der Waals surface area contributed by atoms with Crippen molar-refractivity contribution in [3.05, 3.63) is 47.8 Å². The van der Waals surface area contributed by atoms with Crippen molar-refractivity contribution < 1.29 is 26.4 Å². The Morgan fingerprint density at radius 1 is 1.10 bits per heavy atom. The van der Waals surface area contributed by atoms with Crippen LogP contribution in [0.15, 0.2) is 41.4 Å². The van der Waals surface area contributed by atoms with Crippen LogP contribution in [0.4, 0.5) is 13.2 Å². The van der Waals surface area contributed by atoms with Gasteiger partial charge in [0.1, 0.15) is 6.54 Å². The molecule has 0 bridgehead atoms. The van der Waals surface area contributed by atoms with E-state index >= 15 is 0 Å². The van der Waals surface area contributed by atoms with E-state index in [0.29, 0.717) is 5.56 Å². The summed E-state index contributed by atoms with van der Waals surface area (Å²) in [6, 6.07) is 8.21. The summed E-state index contributed by atoms with van der Waals surface area (Å²) in [5, 5.41) is 12.1. The van der Waals surface area contributed by atoms with Gasteiger partial charge in [0, 0.05) is 32.4 Å². The van der Waals surface area contributed by atoms with E-state index in [4.69, 9.17) is 5.26 Å². The van der Waals surface area contributed by atoms with Crippen LogP contribution in [0.5, 0.6) is 0 Å². The smallest absolute Gasteiger partial charge is 0.338 e. The molecule has 0 aliphatic carbocycles. The molecule has 3 rings (SSSR count). The first kappa shape index (κ1) is 20.8. The summed E-state index contributed by atoms with van der Waals surface area (Å²) in [4.78, 5) is 13.7. The van der Waals surface area contributed by atoms with Crippen molar-refractivity contribution in [3.63, 3.8) is 0 Å². The zero-order valence-corrected chi connectivity index (χ0v) is 15.8. The first-order valence-corrected chi connectivity index (χ1v) is 9.94. The Morgan fingerprint density at radius 3 is 2.24 bits per heavy atom. The summed E-state index contributed by atoms with van der Waals surface area (Å²) in [5.74, 6) is -0.447. The molecular formula is C17H16F3N5O3S. The summed E-state index contributed by atoms with van der Waals surface area (Å²) in [6.45, 7) is -0.0239. The minimum Gasteiger partial charge on any atom is -0.338 e. The third-order valence-corrected chi connectivity index (χ3v) is 6.35. The fourth-order valence-electron chi connectivity index (χ4n) is 2.87. The molecule has 0 saturated carbocycles. The molecule has 1 fully saturated rings. The van der Waals surface area contributed by atoms with E-state index in [0.717, 1.165) is 16.9 Å². The second-order valence-corrected chi connectivity index (χ2v) is 8.26. The SMILES string of the molecule is N#Cc1ccc(S(=O)(=O)N2CCN(C(=O)Cn3ccc(C(F)(F)F)n3)CC2)cc1. The minimum atomic E-state index is -4.58. The van der Waals surface area contributed by atoms with Crippen molar-refractivity contribution in [2.75, 3.05) is 26.2 Å². The molecule has 1 aromatic heterocycles. The van der Waals surface area contributed by atoms with Crippen LogP contribution in [0.3, 0.4) is 0 Å². The average Bonchev–Trinajstić information content (AvgIpc) is 3.17. The molecule has 0 atom stereocenters. The molecule has 1 aliphatic rings. The predicted octanol–water partition coefficient (Wildman–Crippen LogP) is 1.31. The standard InChI is InChI=1S/C17H16F3N5O3S/c18-17(19,20)15-5-6-24(22-15)12-16(26)23-7-9-25(10-8-23)29(27,28)14-3-1-13(11-21)2-4-14/h1-6H,7-10,12H2. The van der Waals surface area contributed by atoms with Gasteiger partial charge in [-0.15, -0.1) is 0 Å². The molecule has 0 N–H and O–H groups in total. The molecule has 8 nitrogen and oxygen atoms in total. The van der Waals surface area contributed by atoms with Crippen LogP contribution in [0.25, 0.3) is 0 Å². The molecule has 12 heteroatoms. The molecule has 1 aliphatic heterocycles. The van der Waals surface area contributed by atoms with Crippen LogP contribution in [0.2, 0.25) is 0 Å². The monoisotopic (exact) mass is 427 g/mol. The Hall–Kier alpha value is -2.91. The number of hydrogen-bond donors (Lipinski definition) is 0. The molecule has 1 amide bonds. The van der Waals surface area contributed by atoms with E-state index in [-0.39, 0.29) is 37.6 Å². The Labute approximate surface area is 164 Å². The number of nitrogens with zero attached hydrogens (tertiary/aromatic N) is 5.